The summed E-state index contributed by atoms with van der Waals surface area (Å²) in [4.78, 5) is 33.8. The fourth-order valence-electron chi connectivity index (χ4n) is 0.105. The van der Waals surface area contributed by atoms with Crippen LogP contribution < -0.4 is 34.7 Å². The Bertz CT molecular complexity index is 318. The molecule has 0 saturated heterocycles. The van der Waals surface area contributed by atoms with Gasteiger partial charge in [0, 0.05) is 0 Å². The Labute approximate surface area is 106 Å². The molecule has 9 nitrogen and oxygen atoms in total. The van der Waals surface area contributed by atoms with Crippen LogP contribution in [0.1, 0.15) is 0 Å². The summed E-state index contributed by atoms with van der Waals surface area (Å²) in [6.07, 6.45) is -0.880. The zero-order valence-corrected chi connectivity index (χ0v) is 11.2. The van der Waals surface area contributed by atoms with Crippen molar-refractivity contribution in [1.82, 2.24) is 0 Å². The van der Waals surface area contributed by atoms with Crippen LogP contribution in [-0.4, -0.2) is 32.7 Å². The number of rotatable bonds is 3. The minimum Gasteiger partial charge on any atom is -0.549 e. The first-order valence-corrected chi connectivity index (χ1v) is 5.65. The van der Waals surface area contributed by atoms with Gasteiger partial charge in [0.25, 0.3) is 0 Å². The molecule has 0 fully saturated rings. The molecular weight excluding hydrogens is 265 g/mol. The monoisotopic (exact) mass is 270 g/mol. The summed E-state index contributed by atoms with van der Waals surface area (Å²) >= 11 is 0. The molecule has 12 heteroatoms. The molecule has 0 atom stereocenters. The van der Waals surface area contributed by atoms with Crippen molar-refractivity contribution < 1.29 is 72.8 Å². The van der Waals surface area contributed by atoms with Crippen LogP contribution in [0.3, 0.4) is 0 Å². The molecule has 0 amide bonds. The Morgan fingerprint density at radius 2 is 1.53 bits per heavy atom. The molecule has 0 heterocycles. The van der Waals surface area contributed by atoms with Crippen LogP contribution in [0.25, 0.3) is 0 Å². The van der Waals surface area contributed by atoms with Crippen LogP contribution in [0.5, 0.6) is 0 Å². The fourth-order valence-corrected chi connectivity index (χ4v) is 0.316. The van der Waals surface area contributed by atoms with Crippen molar-refractivity contribution in [3.05, 3.63) is 0 Å². The van der Waals surface area contributed by atoms with Gasteiger partial charge in [-0.15, -0.1) is 0 Å². The second-order valence-corrected chi connectivity index (χ2v) is 4.14. The molecule has 0 aliphatic heterocycles. The van der Waals surface area contributed by atoms with Gasteiger partial charge in [-0.1, -0.05) is 0 Å². The van der Waals surface area contributed by atoms with Gasteiger partial charge in [0.2, 0.25) is 0 Å². The number of hydrogen-bond acceptors (Lipinski definition) is 6. The number of carboxylic acids is 1. The van der Waals surface area contributed by atoms with Crippen molar-refractivity contribution in [3.63, 3.8) is 0 Å². The van der Waals surface area contributed by atoms with Gasteiger partial charge < -0.3 is 24.8 Å². The van der Waals surface area contributed by atoms with E-state index in [4.69, 9.17) is 14.9 Å². The zero-order chi connectivity index (χ0) is 11.9. The first-order chi connectivity index (χ1) is 6.07. The van der Waals surface area contributed by atoms with Gasteiger partial charge in [-0.2, -0.15) is 0 Å². The average Bonchev–Trinajstić information content (AvgIpc) is 1.81. The molecule has 0 aliphatic rings. The van der Waals surface area contributed by atoms with Crippen molar-refractivity contribution in [3.8, 4) is 0 Å². The minimum atomic E-state index is -4.82. The number of aliphatic carboxylic acids is 1. The maximum Gasteiger partial charge on any atom is 1.00 e. The summed E-state index contributed by atoms with van der Waals surface area (Å²) in [7, 11) is -7.62. The molecule has 0 rings (SSSR count). The van der Waals surface area contributed by atoms with Gasteiger partial charge in [0.05, 0.1) is 12.1 Å². The van der Waals surface area contributed by atoms with Crippen molar-refractivity contribution in [2.75, 3.05) is 6.16 Å². The molecule has 0 aromatic rings. The zero-order valence-electron chi connectivity index (χ0n) is 7.39. The summed E-state index contributed by atoms with van der Waals surface area (Å²) in [5.74, 6) is -1.56. The first kappa shape index (κ1) is 20.4. The molecule has 0 aromatic heterocycles. The summed E-state index contributed by atoms with van der Waals surface area (Å²) in [5.41, 5.74) is -2.09. The van der Waals surface area contributed by atoms with Gasteiger partial charge in [-0.3, -0.25) is 0 Å². The second-order valence-electron chi connectivity index (χ2n) is 1.69. The third kappa shape index (κ3) is 20.2. The molecule has 0 spiro atoms. The number of carboxylic acid groups (broad SMARTS) is 2. The van der Waals surface area contributed by atoms with E-state index in [9.17, 15) is 28.4 Å². The summed E-state index contributed by atoms with van der Waals surface area (Å²) < 4.78 is 28.3. The van der Waals surface area contributed by atoms with Gasteiger partial charge in [0.1, 0.15) is 0 Å². The normalized spacial score (nSPS) is 8.93. The molecular formula is C3H5NaO9P2. The van der Waals surface area contributed by atoms with Crippen molar-refractivity contribution >= 4 is 27.0 Å². The van der Waals surface area contributed by atoms with Crippen LogP contribution in [-0.2, 0) is 18.5 Å². The number of carbonyl (C=O) groups is 2. The van der Waals surface area contributed by atoms with Gasteiger partial charge in [-0.05, 0) is 0 Å². The Morgan fingerprint density at radius 3 is 1.53 bits per heavy atom. The summed E-state index contributed by atoms with van der Waals surface area (Å²) in [6.45, 7) is 0. The molecule has 0 radical (unpaired) electrons. The molecule has 3 N–H and O–H groups in total. The fraction of sp³-hybridized carbons (Fsp3) is 0.333. The van der Waals surface area contributed by atoms with E-state index in [1.807, 2.05) is 0 Å². The Kier molecular flexibility index (Phi) is 12.6. The van der Waals surface area contributed by atoms with E-state index in [0.717, 1.165) is 0 Å². The Balaban J connectivity index is -0.000000180. The summed E-state index contributed by atoms with van der Waals surface area (Å²) in [5, 5.41) is 16.8. The molecule has 0 aromatic carbocycles. The predicted octanol–water partition coefficient (Wildman–Crippen LogP) is -4.24. The van der Waals surface area contributed by atoms with E-state index in [0.29, 0.717) is 0 Å². The van der Waals surface area contributed by atoms with Gasteiger partial charge >= 0.3 is 50.5 Å². The quantitative estimate of drug-likeness (QED) is 0.339. The van der Waals surface area contributed by atoms with Crippen molar-refractivity contribution in [2.24, 2.45) is 0 Å². The molecule has 0 aliphatic carbocycles. The largest absolute Gasteiger partial charge is 1.00 e. The maximum atomic E-state index is 9.43. The van der Waals surface area contributed by atoms with Crippen LogP contribution in [0.4, 0.5) is 4.79 Å². The number of hydrogen-bond donors (Lipinski definition) is 3. The van der Waals surface area contributed by atoms with Crippen LogP contribution in [0.15, 0.2) is 0 Å². The van der Waals surface area contributed by atoms with Crippen LogP contribution >= 0.6 is 15.3 Å². The third-order valence-electron chi connectivity index (χ3n) is 0.507. The number of carbonyl (C=O) groups excluding carboxylic acids is 1. The molecule has 0 unspecified atom stereocenters. The molecule has 0 bridgehead atoms. The standard InChI is InChI=1S/C2H3O4P.CH3O5P.Na/c3-2(4)1-7(5)6;2-1(3)7(4,5)6;/h1H2,(H,3,4);(H,2,3)(H2,4,5,6);/q;;+1/p-1. The predicted molar refractivity (Wildman–Crippen MR) is 38.2 cm³/mol. The van der Waals surface area contributed by atoms with E-state index in [2.05, 4.69) is 0 Å². The maximum absolute atomic E-state index is 9.43. The van der Waals surface area contributed by atoms with E-state index >= 15 is 0 Å². The van der Waals surface area contributed by atoms with Gasteiger partial charge in [-0.25, -0.2) is 18.5 Å². The Hall–Kier alpha value is -0.0100. The SMILES string of the molecule is O=C(O)P(=O)(O)O.O=C([O-])CP(=O)=O.[Na+]. The smallest absolute Gasteiger partial charge is 0.549 e. The van der Waals surface area contributed by atoms with E-state index in [1.165, 1.54) is 0 Å². The van der Waals surface area contributed by atoms with Crippen molar-refractivity contribution in [1.29, 1.82) is 0 Å². The Morgan fingerprint density at radius 1 is 1.27 bits per heavy atom. The van der Waals surface area contributed by atoms with Crippen LogP contribution in [0.2, 0.25) is 0 Å². The first-order valence-electron chi connectivity index (χ1n) is 2.68. The van der Waals surface area contributed by atoms with Gasteiger partial charge in [0.15, 0.2) is 0 Å². The average molecular weight is 270 g/mol. The summed E-state index contributed by atoms with van der Waals surface area (Å²) in [6, 6.07) is 0. The molecule has 0 saturated carbocycles. The second kappa shape index (κ2) is 9.23. The van der Waals surface area contributed by atoms with E-state index < -0.39 is 33.1 Å². The molecule has 15 heavy (non-hydrogen) atoms. The topological polar surface area (TPSA) is 169 Å². The van der Waals surface area contributed by atoms with Crippen molar-refractivity contribution in [2.45, 2.75) is 0 Å². The van der Waals surface area contributed by atoms with E-state index in [-0.39, 0.29) is 29.6 Å². The van der Waals surface area contributed by atoms with Crippen LogP contribution in [0, 0.1) is 0 Å². The molecule has 82 valence electrons. The minimum absolute atomic E-state index is 0. The third-order valence-corrected chi connectivity index (χ3v) is 1.52. The van der Waals surface area contributed by atoms with E-state index in [1.54, 1.807) is 0 Å².